The Bertz CT molecular complexity index is 1120. The maximum atomic E-state index is 13.1. The largest absolute Gasteiger partial charge is 0.379 e. The maximum absolute atomic E-state index is 13.1. The lowest BCUT2D eigenvalue weighted by atomic mass is 9.96. The van der Waals surface area contributed by atoms with E-state index < -0.39 is 0 Å². The number of morpholine rings is 1. The van der Waals surface area contributed by atoms with Crippen LogP contribution in [0, 0.1) is 6.92 Å². The third kappa shape index (κ3) is 5.69. The molecule has 2 aliphatic rings. The van der Waals surface area contributed by atoms with Gasteiger partial charge in [0, 0.05) is 68.5 Å². The minimum atomic E-state index is -0.00252. The molecule has 2 aromatic heterocycles. The molecule has 7 heteroatoms. The molecule has 2 saturated heterocycles. The van der Waals surface area contributed by atoms with Crippen molar-refractivity contribution in [2.45, 2.75) is 32.4 Å². The van der Waals surface area contributed by atoms with Crippen LogP contribution in [0.15, 0.2) is 61.1 Å². The van der Waals surface area contributed by atoms with Gasteiger partial charge >= 0.3 is 0 Å². The second kappa shape index (κ2) is 11.0. The molecule has 2 fully saturated rings. The Morgan fingerprint density at radius 1 is 1.03 bits per heavy atom. The number of piperidine rings is 1. The number of carbonyl (C=O) groups is 1. The van der Waals surface area contributed by atoms with Crippen LogP contribution in [0.2, 0.25) is 0 Å². The van der Waals surface area contributed by atoms with Crippen LogP contribution in [0.3, 0.4) is 0 Å². The molecule has 1 aromatic carbocycles. The summed E-state index contributed by atoms with van der Waals surface area (Å²) in [5, 5.41) is 3.26. The molecule has 0 spiro atoms. The number of carbonyl (C=O) groups excluding carboxylic acids is 1. The third-order valence-electron chi connectivity index (χ3n) is 7.02. The molecule has 5 rings (SSSR count). The van der Waals surface area contributed by atoms with Crippen molar-refractivity contribution in [1.82, 2.24) is 20.2 Å². The first kappa shape index (κ1) is 23.5. The van der Waals surface area contributed by atoms with E-state index in [1.807, 2.05) is 49.6 Å². The minimum absolute atomic E-state index is 0.00252. The SMILES string of the molecule is Cc1c(C(=O)NC2CCN(c3ccc(CN4CCOCC4)cn3)CC2)cccc1-c1cccnc1. The topological polar surface area (TPSA) is 70.6 Å². The molecular formula is C28H33N5O2. The van der Waals surface area contributed by atoms with Crippen molar-refractivity contribution in [1.29, 1.82) is 0 Å². The maximum Gasteiger partial charge on any atom is 0.251 e. The van der Waals surface area contributed by atoms with Crippen LogP contribution >= 0.6 is 0 Å². The number of nitrogens with one attached hydrogen (secondary N) is 1. The van der Waals surface area contributed by atoms with Gasteiger partial charge in [-0.25, -0.2) is 4.98 Å². The minimum Gasteiger partial charge on any atom is -0.379 e. The number of benzene rings is 1. The Morgan fingerprint density at radius 2 is 1.86 bits per heavy atom. The monoisotopic (exact) mass is 471 g/mol. The summed E-state index contributed by atoms with van der Waals surface area (Å²) in [7, 11) is 0. The van der Waals surface area contributed by atoms with Crippen LogP contribution in [0.1, 0.15) is 34.3 Å². The fourth-order valence-electron chi connectivity index (χ4n) is 4.95. The zero-order chi connectivity index (χ0) is 24.0. The average molecular weight is 472 g/mol. The molecule has 182 valence electrons. The number of anilines is 1. The van der Waals surface area contributed by atoms with Gasteiger partial charge in [0.15, 0.2) is 0 Å². The van der Waals surface area contributed by atoms with E-state index in [2.05, 4.69) is 32.2 Å². The molecule has 0 saturated carbocycles. The number of rotatable bonds is 6. The zero-order valence-corrected chi connectivity index (χ0v) is 20.3. The molecule has 7 nitrogen and oxygen atoms in total. The summed E-state index contributed by atoms with van der Waals surface area (Å²) in [5.41, 5.74) is 5.02. The highest BCUT2D eigenvalue weighted by Crippen LogP contribution is 2.25. The smallest absolute Gasteiger partial charge is 0.251 e. The van der Waals surface area contributed by atoms with Gasteiger partial charge in [0.1, 0.15) is 5.82 Å². The summed E-state index contributed by atoms with van der Waals surface area (Å²) in [6.45, 7) is 8.28. The fraction of sp³-hybridized carbons (Fsp3) is 0.393. The average Bonchev–Trinajstić information content (AvgIpc) is 2.91. The summed E-state index contributed by atoms with van der Waals surface area (Å²) in [4.78, 5) is 26.8. The molecule has 4 heterocycles. The van der Waals surface area contributed by atoms with Crippen molar-refractivity contribution in [3.63, 3.8) is 0 Å². The highest BCUT2D eigenvalue weighted by Gasteiger charge is 2.23. The summed E-state index contributed by atoms with van der Waals surface area (Å²) < 4.78 is 5.43. The van der Waals surface area contributed by atoms with Gasteiger partial charge in [0.25, 0.3) is 5.91 Å². The highest BCUT2D eigenvalue weighted by molar-refractivity contribution is 5.97. The predicted octanol–water partition coefficient (Wildman–Crippen LogP) is 3.68. The highest BCUT2D eigenvalue weighted by atomic mass is 16.5. The third-order valence-corrected chi connectivity index (χ3v) is 7.02. The molecule has 1 N–H and O–H groups in total. The van der Waals surface area contributed by atoms with E-state index >= 15 is 0 Å². The predicted molar refractivity (Wildman–Crippen MR) is 137 cm³/mol. The van der Waals surface area contributed by atoms with E-state index in [9.17, 15) is 4.79 Å². The molecule has 2 aliphatic heterocycles. The number of pyridine rings is 2. The van der Waals surface area contributed by atoms with Crippen LogP contribution in [-0.4, -0.2) is 66.2 Å². The van der Waals surface area contributed by atoms with E-state index in [0.29, 0.717) is 0 Å². The van der Waals surface area contributed by atoms with Gasteiger partial charge in [-0.2, -0.15) is 0 Å². The van der Waals surface area contributed by atoms with Crippen molar-refractivity contribution in [3.05, 3.63) is 77.7 Å². The lowest BCUT2D eigenvalue weighted by molar-refractivity contribution is 0.0341. The molecule has 3 aromatic rings. The molecule has 0 radical (unpaired) electrons. The Kier molecular flexibility index (Phi) is 7.35. The van der Waals surface area contributed by atoms with Crippen LogP contribution in [0.25, 0.3) is 11.1 Å². The number of aromatic nitrogens is 2. The number of hydrogen-bond donors (Lipinski definition) is 1. The van der Waals surface area contributed by atoms with E-state index in [-0.39, 0.29) is 11.9 Å². The second-order valence-electron chi connectivity index (χ2n) is 9.37. The van der Waals surface area contributed by atoms with Gasteiger partial charge in [0.05, 0.1) is 13.2 Å². The molecule has 0 aliphatic carbocycles. The molecular weight excluding hydrogens is 438 g/mol. The molecule has 35 heavy (non-hydrogen) atoms. The van der Waals surface area contributed by atoms with Crippen LogP contribution in [-0.2, 0) is 11.3 Å². The molecule has 0 bridgehead atoms. The van der Waals surface area contributed by atoms with Crippen molar-refractivity contribution in [2.24, 2.45) is 0 Å². The van der Waals surface area contributed by atoms with Crippen molar-refractivity contribution in [2.75, 3.05) is 44.3 Å². The lowest BCUT2D eigenvalue weighted by Crippen LogP contribution is -2.45. The first-order valence-electron chi connectivity index (χ1n) is 12.5. The first-order chi connectivity index (χ1) is 17.2. The van der Waals surface area contributed by atoms with Crippen LogP contribution < -0.4 is 10.2 Å². The van der Waals surface area contributed by atoms with Crippen molar-refractivity contribution < 1.29 is 9.53 Å². The number of hydrogen-bond acceptors (Lipinski definition) is 6. The number of ether oxygens (including phenoxy) is 1. The van der Waals surface area contributed by atoms with Crippen LogP contribution in [0.5, 0.6) is 0 Å². The van der Waals surface area contributed by atoms with Gasteiger partial charge in [-0.3, -0.25) is 14.7 Å². The van der Waals surface area contributed by atoms with Crippen molar-refractivity contribution in [3.8, 4) is 11.1 Å². The van der Waals surface area contributed by atoms with Crippen molar-refractivity contribution >= 4 is 11.7 Å². The summed E-state index contributed by atoms with van der Waals surface area (Å²) >= 11 is 0. The fourth-order valence-corrected chi connectivity index (χ4v) is 4.95. The summed E-state index contributed by atoms with van der Waals surface area (Å²) in [6, 6.07) is 14.3. The quantitative estimate of drug-likeness (QED) is 0.591. The van der Waals surface area contributed by atoms with Gasteiger partial charge in [-0.15, -0.1) is 0 Å². The van der Waals surface area contributed by atoms with E-state index in [4.69, 9.17) is 9.72 Å². The number of nitrogens with zero attached hydrogens (tertiary/aromatic N) is 4. The van der Waals surface area contributed by atoms with Crippen LogP contribution in [0.4, 0.5) is 5.82 Å². The normalized spacial score (nSPS) is 17.3. The van der Waals surface area contributed by atoms with Gasteiger partial charge < -0.3 is 15.0 Å². The van der Waals surface area contributed by atoms with E-state index in [1.165, 1.54) is 5.56 Å². The van der Waals surface area contributed by atoms with Gasteiger partial charge in [-0.05, 0) is 54.7 Å². The van der Waals surface area contributed by atoms with E-state index in [1.54, 1.807) is 6.20 Å². The summed E-state index contributed by atoms with van der Waals surface area (Å²) in [6.07, 6.45) is 7.41. The second-order valence-corrected chi connectivity index (χ2v) is 9.37. The van der Waals surface area contributed by atoms with Gasteiger partial charge in [0.2, 0.25) is 0 Å². The molecule has 0 atom stereocenters. The zero-order valence-electron chi connectivity index (χ0n) is 20.3. The lowest BCUT2D eigenvalue weighted by Gasteiger charge is -2.33. The Labute approximate surface area is 207 Å². The molecule has 1 amide bonds. The molecule has 0 unspecified atom stereocenters. The standard InChI is InChI=1S/C28H33N5O2/c1-21-25(23-4-3-11-29-19-23)5-2-6-26(21)28(34)31-24-9-12-33(13-10-24)27-8-7-22(18-30-27)20-32-14-16-35-17-15-32/h2-8,11,18-19,24H,9-10,12-17,20H2,1H3,(H,31,34). The Hall–Kier alpha value is -3.29. The number of amides is 1. The summed E-state index contributed by atoms with van der Waals surface area (Å²) in [5.74, 6) is 1.01. The van der Waals surface area contributed by atoms with E-state index in [0.717, 1.165) is 86.9 Å². The van der Waals surface area contributed by atoms with Gasteiger partial charge in [-0.1, -0.05) is 24.3 Å². The first-order valence-corrected chi connectivity index (χ1v) is 12.5. The Morgan fingerprint density at radius 3 is 2.57 bits per heavy atom. The Balaban J connectivity index is 1.15.